The molecule has 6 heteroatoms. The van der Waals surface area contributed by atoms with Crippen LogP contribution in [-0.2, 0) is 9.53 Å². The lowest BCUT2D eigenvalue weighted by atomic mass is 9.81. The van der Waals surface area contributed by atoms with Crippen LogP contribution in [0.3, 0.4) is 0 Å². The zero-order chi connectivity index (χ0) is 13.5. The fourth-order valence-corrected chi connectivity index (χ4v) is 3.49. The number of carbonyl (C=O) groups excluding carboxylic acids is 1. The summed E-state index contributed by atoms with van der Waals surface area (Å²) < 4.78 is 5.03. The van der Waals surface area contributed by atoms with Gasteiger partial charge in [0.05, 0.1) is 13.0 Å². The largest absolute Gasteiger partial charge is 0.469 e. The number of hydrogen-bond acceptors (Lipinski definition) is 4. The van der Waals surface area contributed by atoms with Crippen LogP contribution >= 0.6 is 24.8 Å². The van der Waals surface area contributed by atoms with Gasteiger partial charge in [-0.25, -0.2) is 0 Å². The summed E-state index contributed by atoms with van der Waals surface area (Å²) in [4.78, 5) is 12.0. The monoisotopic (exact) mass is 340 g/mol. The number of piperidine rings is 2. The second kappa shape index (κ2) is 11.5. The number of methoxy groups -OCH3 is 1. The van der Waals surface area contributed by atoms with Crippen molar-refractivity contribution in [2.75, 3.05) is 33.3 Å². The summed E-state index contributed by atoms with van der Waals surface area (Å²) in [6.07, 6.45) is 6.88. The van der Waals surface area contributed by atoms with E-state index in [4.69, 9.17) is 4.74 Å². The molecule has 0 spiro atoms. The van der Waals surface area contributed by atoms with Gasteiger partial charge in [0, 0.05) is 0 Å². The van der Waals surface area contributed by atoms with E-state index >= 15 is 0 Å². The third-order valence-corrected chi connectivity index (χ3v) is 4.69. The number of ether oxygens (including phenoxy) is 1. The van der Waals surface area contributed by atoms with Crippen molar-refractivity contribution in [1.82, 2.24) is 10.6 Å². The van der Waals surface area contributed by atoms with E-state index in [1.54, 1.807) is 0 Å². The normalized spacial score (nSPS) is 20.5. The van der Waals surface area contributed by atoms with Crippen LogP contribution in [0.2, 0.25) is 0 Å². The van der Waals surface area contributed by atoms with Gasteiger partial charge >= 0.3 is 5.97 Å². The summed E-state index contributed by atoms with van der Waals surface area (Å²) in [5.41, 5.74) is 0. The van der Waals surface area contributed by atoms with E-state index in [9.17, 15) is 4.79 Å². The van der Waals surface area contributed by atoms with Crippen molar-refractivity contribution in [2.45, 2.75) is 38.5 Å². The Morgan fingerprint density at radius 3 is 1.67 bits per heavy atom. The summed E-state index contributed by atoms with van der Waals surface area (Å²) in [6, 6.07) is 0. The van der Waals surface area contributed by atoms with Crippen LogP contribution in [-0.4, -0.2) is 39.3 Å². The molecule has 0 saturated carbocycles. The van der Waals surface area contributed by atoms with Crippen LogP contribution in [0.1, 0.15) is 38.5 Å². The van der Waals surface area contributed by atoms with Gasteiger partial charge in [-0.15, -0.1) is 24.8 Å². The van der Waals surface area contributed by atoms with E-state index in [-0.39, 0.29) is 36.7 Å². The molecular formula is C15H30Cl2N2O2. The van der Waals surface area contributed by atoms with E-state index in [0.717, 1.165) is 39.0 Å². The van der Waals surface area contributed by atoms with Gasteiger partial charge in [-0.1, -0.05) is 0 Å². The Hall–Kier alpha value is -0.0300. The van der Waals surface area contributed by atoms with Crippen LogP contribution in [0.25, 0.3) is 0 Å². The fraction of sp³-hybridized carbons (Fsp3) is 0.933. The van der Waals surface area contributed by atoms with Gasteiger partial charge in [0.25, 0.3) is 0 Å². The maximum absolute atomic E-state index is 12.0. The molecule has 0 amide bonds. The maximum Gasteiger partial charge on any atom is 0.308 e. The molecular weight excluding hydrogens is 311 g/mol. The smallest absolute Gasteiger partial charge is 0.308 e. The number of halogens is 2. The number of carbonyl (C=O) groups is 1. The minimum absolute atomic E-state index is 0. The predicted octanol–water partition coefficient (Wildman–Crippen LogP) is 2.40. The molecule has 0 unspecified atom stereocenters. The molecule has 2 aliphatic heterocycles. The summed E-state index contributed by atoms with van der Waals surface area (Å²) in [6.45, 7) is 4.41. The van der Waals surface area contributed by atoms with Crippen LogP contribution in [0.4, 0.5) is 0 Å². The Kier molecular flexibility index (Phi) is 11.5. The van der Waals surface area contributed by atoms with Crippen molar-refractivity contribution in [3.8, 4) is 0 Å². The van der Waals surface area contributed by atoms with Crippen LogP contribution < -0.4 is 10.6 Å². The molecule has 2 saturated heterocycles. The SMILES string of the molecule is COC(=O)C(CC1CCNCC1)CC1CCNCC1.Cl.Cl. The highest BCUT2D eigenvalue weighted by molar-refractivity contribution is 5.85. The Balaban J connectivity index is 0.00000200. The molecule has 0 aromatic rings. The van der Waals surface area contributed by atoms with E-state index < -0.39 is 0 Å². The van der Waals surface area contributed by atoms with Crippen LogP contribution in [0.15, 0.2) is 0 Å². The third kappa shape index (κ3) is 7.18. The number of rotatable bonds is 5. The van der Waals surface area contributed by atoms with Crippen molar-refractivity contribution in [2.24, 2.45) is 17.8 Å². The molecule has 0 atom stereocenters. The lowest BCUT2D eigenvalue weighted by Gasteiger charge is -2.29. The van der Waals surface area contributed by atoms with Gasteiger partial charge in [-0.3, -0.25) is 4.79 Å². The van der Waals surface area contributed by atoms with Crippen molar-refractivity contribution in [3.05, 3.63) is 0 Å². The van der Waals surface area contributed by atoms with Crippen molar-refractivity contribution in [3.63, 3.8) is 0 Å². The number of esters is 1. The first kappa shape index (κ1) is 21.0. The quantitative estimate of drug-likeness (QED) is 0.754. The standard InChI is InChI=1S/C15H28N2O2.2ClH/c1-19-15(18)14(10-12-2-6-16-7-3-12)11-13-4-8-17-9-5-13;;/h12-14,16-17H,2-11H2,1H3;2*1H. The van der Waals surface area contributed by atoms with E-state index in [1.165, 1.54) is 32.8 Å². The van der Waals surface area contributed by atoms with Gasteiger partial charge in [0.1, 0.15) is 0 Å². The zero-order valence-corrected chi connectivity index (χ0v) is 14.6. The first-order valence-corrected chi connectivity index (χ1v) is 7.79. The minimum atomic E-state index is 0. The molecule has 2 fully saturated rings. The van der Waals surface area contributed by atoms with Crippen molar-refractivity contribution < 1.29 is 9.53 Å². The highest BCUT2D eigenvalue weighted by atomic mass is 35.5. The topological polar surface area (TPSA) is 50.4 Å². The molecule has 0 aliphatic carbocycles. The van der Waals surface area contributed by atoms with Gasteiger partial charge < -0.3 is 15.4 Å². The molecule has 2 N–H and O–H groups in total. The molecule has 126 valence electrons. The molecule has 0 aromatic carbocycles. The van der Waals surface area contributed by atoms with Crippen LogP contribution in [0.5, 0.6) is 0 Å². The second-order valence-electron chi connectivity index (χ2n) is 6.08. The number of nitrogens with one attached hydrogen (secondary N) is 2. The summed E-state index contributed by atoms with van der Waals surface area (Å²) >= 11 is 0. The first-order valence-electron chi connectivity index (χ1n) is 7.79. The van der Waals surface area contributed by atoms with Crippen LogP contribution in [0, 0.1) is 17.8 Å². The molecule has 2 rings (SSSR count). The Labute approximate surface area is 141 Å². The molecule has 0 radical (unpaired) electrons. The molecule has 0 aromatic heterocycles. The summed E-state index contributed by atoms with van der Waals surface area (Å²) in [5.74, 6) is 1.53. The predicted molar refractivity (Wildman–Crippen MR) is 90.4 cm³/mol. The highest BCUT2D eigenvalue weighted by Crippen LogP contribution is 2.29. The minimum Gasteiger partial charge on any atom is -0.469 e. The zero-order valence-electron chi connectivity index (χ0n) is 12.9. The molecule has 21 heavy (non-hydrogen) atoms. The van der Waals surface area contributed by atoms with Gasteiger partial charge in [-0.2, -0.15) is 0 Å². The van der Waals surface area contributed by atoms with E-state index in [0.29, 0.717) is 11.8 Å². The number of hydrogen-bond donors (Lipinski definition) is 2. The van der Waals surface area contributed by atoms with Gasteiger partial charge in [0.2, 0.25) is 0 Å². The molecule has 2 heterocycles. The van der Waals surface area contributed by atoms with Gasteiger partial charge in [-0.05, 0) is 76.5 Å². The summed E-state index contributed by atoms with van der Waals surface area (Å²) in [7, 11) is 1.53. The van der Waals surface area contributed by atoms with Crippen molar-refractivity contribution in [1.29, 1.82) is 0 Å². The first-order chi connectivity index (χ1) is 9.29. The molecule has 2 aliphatic rings. The summed E-state index contributed by atoms with van der Waals surface area (Å²) in [5, 5.41) is 6.78. The van der Waals surface area contributed by atoms with E-state index in [1.807, 2.05) is 0 Å². The average molecular weight is 341 g/mol. The second-order valence-corrected chi connectivity index (χ2v) is 6.08. The lowest BCUT2D eigenvalue weighted by molar-refractivity contribution is -0.147. The molecule has 0 bridgehead atoms. The molecule has 4 nitrogen and oxygen atoms in total. The van der Waals surface area contributed by atoms with Crippen molar-refractivity contribution >= 4 is 30.8 Å². The lowest BCUT2D eigenvalue weighted by Crippen LogP contribution is -2.33. The Morgan fingerprint density at radius 2 is 1.33 bits per heavy atom. The Morgan fingerprint density at radius 1 is 0.952 bits per heavy atom. The fourth-order valence-electron chi connectivity index (χ4n) is 3.49. The van der Waals surface area contributed by atoms with Gasteiger partial charge in [0.15, 0.2) is 0 Å². The highest BCUT2D eigenvalue weighted by Gasteiger charge is 2.28. The third-order valence-electron chi connectivity index (χ3n) is 4.69. The Bertz CT molecular complexity index is 261. The maximum atomic E-state index is 12.0. The van der Waals surface area contributed by atoms with E-state index in [2.05, 4.69) is 10.6 Å². The average Bonchev–Trinajstić information content (AvgIpc) is 2.48.